The Kier molecular flexibility index (Phi) is 5.28. The maximum absolute atomic E-state index is 12.2. The number of carbonyl (C=O) groups is 2. The highest BCUT2D eigenvalue weighted by atomic mass is 16.2. The molecule has 0 bridgehead atoms. The molecule has 1 heterocycles. The lowest BCUT2D eigenvalue weighted by Crippen LogP contribution is -2.51. The zero-order valence-corrected chi connectivity index (χ0v) is 13.5. The van der Waals surface area contributed by atoms with Crippen LogP contribution in [0.4, 0.5) is 5.69 Å². The van der Waals surface area contributed by atoms with Gasteiger partial charge in [-0.1, -0.05) is 24.6 Å². The fraction of sp³-hybridized carbons (Fsp3) is 0.556. The molecule has 2 fully saturated rings. The number of carbonyl (C=O) groups excluding carboxylic acids is 2. The van der Waals surface area contributed by atoms with E-state index in [1.54, 1.807) is 0 Å². The summed E-state index contributed by atoms with van der Waals surface area (Å²) in [4.78, 5) is 28.4. The van der Waals surface area contributed by atoms with Crippen LogP contribution in [0.5, 0.6) is 0 Å². The van der Waals surface area contributed by atoms with Gasteiger partial charge in [-0.25, -0.2) is 0 Å². The highest BCUT2D eigenvalue weighted by molar-refractivity contribution is 5.90. The number of rotatable bonds is 5. The van der Waals surface area contributed by atoms with Crippen LogP contribution < -0.4 is 5.32 Å². The maximum atomic E-state index is 12.2. The number of anilines is 1. The van der Waals surface area contributed by atoms with Crippen LogP contribution in [-0.4, -0.2) is 54.3 Å². The zero-order chi connectivity index (χ0) is 16.1. The number of benzene rings is 1. The van der Waals surface area contributed by atoms with Crippen molar-refractivity contribution in [2.45, 2.75) is 25.7 Å². The minimum absolute atomic E-state index is 0.0455. The summed E-state index contributed by atoms with van der Waals surface area (Å²) in [5.41, 5.74) is 0.841. The number of amides is 2. The van der Waals surface area contributed by atoms with E-state index in [1.807, 2.05) is 35.2 Å². The summed E-state index contributed by atoms with van der Waals surface area (Å²) in [6.45, 7) is 4.10. The van der Waals surface area contributed by atoms with Crippen LogP contribution in [0.2, 0.25) is 0 Å². The molecule has 1 aromatic carbocycles. The molecule has 0 atom stereocenters. The lowest BCUT2D eigenvalue weighted by Gasteiger charge is -2.38. The summed E-state index contributed by atoms with van der Waals surface area (Å²) in [5.74, 6) is 0.681. The second-order valence-corrected chi connectivity index (χ2v) is 6.46. The maximum Gasteiger partial charge on any atom is 0.225 e. The summed E-state index contributed by atoms with van der Waals surface area (Å²) in [6.07, 6.45) is 3.83. The van der Waals surface area contributed by atoms with E-state index < -0.39 is 0 Å². The number of nitrogens with one attached hydrogen (secondary N) is 1. The molecule has 5 heteroatoms. The third-order valence-corrected chi connectivity index (χ3v) is 4.85. The summed E-state index contributed by atoms with van der Waals surface area (Å²) in [5, 5.41) is 2.91. The van der Waals surface area contributed by atoms with Crippen molar-refractivity contribution >= 4 is 17.5 Å². The van der Waals surface area contributed by atoms with Gasteiger partial charge in [0.1, 0.15) is 0 Å². The van der Waals surface area contributed by atoms with Crippen LogP contribution in [0.1, 0.15) is 25.7 Å². The molecule has 1 aliphatic carbocycles. The molecule has 1 aromatic rings. The number of hydrogen-bond acceptors (Lipinski definition) is 3. The van der Waals surface area contributed by atoms with Crippen LogP contribution >= 0.6 is 0 Å². The van der Waals surface area contributed by atoms with Crippen molar-refractivity contribution < 1.29 is 9.59 Å². The van der Waals surface area contributed by atoms with Crippen molar-refractivity contribution in [1.82, 2.24) is 9.80 Å². The predicted molar refractivity (Wildman–Crippen MR) is 90.0 cm³/mol. The number of nitrogens with zero attached hydrogens (tertiary/aromatic N) is 2. The monoisotopic (exact) mass is 315 g/mol. The van der Waals surface area contributed by atoms with E-state index in [2.05, 4.69) is 10.2 Å². The van der Waals surface area contributed by atoms with E-state index in [1.165, 1.54) is 6.42 Å². The smallest absolute Gasteiger partial charge is 0.225 e. The quantitative estimate of drug-likeness (QED) is 0.904. The van der Waals surface area contributed by atoms with E-state index in [0.717, 1.165) is 51.3 Å². The highest BCUT2D eigenvalue weighted by Gasteiger charge is 2.31. The Bertz CT molecular complexity index is 534. The van der Waals surface area contributed by atoms with Crippen LogP contribution in [0.15, 0.2) is 30.3 Å². The predicted octanol–water partition coefficient (Wildman–Crippen LogP) is 1.96. The van der Waals surface area contributed by atoms with Crippen molar-refractivity contribution in [1.29, 1.82) is 0 Å². The average molecular weight is 315 g/mol. The second kappa shape index (κ2) is 7.59. The molecule has 0 aromatic heterocycles. The summed E-state index contributed by atoms with van der Waals surface area (Å²) in [7, 11) is 0. The van der Waals surface area contributed by atoms with Gasteiger partial charge < -0.3 is 10.2 Å². The Hall–Kier alpha value is -1.88. The Morgan fingerprint density at radius 2 is 1.74 bits per heavy atom. The minimum Gasteiger partial charge on any atom is -0.340 e. The third-order valence-electron chi connectivity index (χ3n) is 4.85. The lowest BCUT2D eigenvalue weighted by atomic mass is 9.84. The topological polar surface area (TPSA) is 52.7 Å². The van der Waals surface area contributed by atoms with Gasteiger partial charge in [-0.15, -0.1) is 0 Å². The molecule has 3 rings (SSSR count). The number of para-hydroxylation sites is 1. The first-order chi connectivity index (χ1) is 11.2. The first kappa shape index (κ1) is 16.0. The van der Waals surface area contributed by atoms with Crippen LogP contribution in [0, 0.1) is 5.92 Å². The normalized spacial score (nSPS) is 19.2. The molecule has 2 amide bonds. The van der Waals surface area contributed by atoms with E-state index in [9.17, 15) is 9.59 Å². The SMILES string of the molecule is O=C(CCN1CCN(C(=O)C2CCC2)CC1)Nc1ccccc1. The average Bonchev–Trinajstić information content (AvgIpc) is 2.53. The Morgan fingerprint density at radius 1 is 1.04 bits per heavy atom. The first-order valence-corrected chi connectivity index (χ1v) is 8.58. The van der Waals surface area contributed by atoms with E-state index in [-0.39, 0.29) is 5.91 Å². The second-order valence-electron chi connectivity index (χ2n) is 6.46. The molecule has 0 radical (unpaired) electrons. The van der Waals surface area contributed by atoms with Crippen LogP contribution in [0.3, 0.4) is 0 Å². The third kappa shape index (κ3) is 4.32. The van der Waals surface area contributed by atoms with Crippen molar-refractivity contribution in [2.75, 3.05) is 38.0 Å². The number of hydrogen-bond donors (Lipinski definition) is 1. The first-order valence-electron chi connectivity index (χ1n) is 8.58. The Labute approximate surface area is 137 Å². The van der Waals surface area contributed by atoms with Crippen molar-refractivity contribution in [3.8, 4) is 0 Å². The minimum atomic E-state index is 0.0455. The Balaban J connectivity index is 1.35. The lowest BCUT2D eigenvalue weighted by molar-refractivity contribution is -0.140. The molecule has 2 aliphatic rings. The summed E-state index contributed by atoms with van der Waals surface area (Å²) < 4.78 is 0. The van der Waals surface area contributed by atoms with Crippen molar-refractivity contribution in [3.63, 3.8) is 0 Å². The molecule has 0 unspecified atom stereocenters. The summed E-state index contributed by atoms with van der Waals surface area (Å²) in [6, 6.07) is 9.54. The van der Waals surface area contributed by atoms with Crippen molar-refractivity contribution in [2.24, 2.45) is 5.92 Å². The van der Waals surface area contributed by atoms with E-state index in [4.69, 9.17) is 0 Å². The van der Waals surface area contributed by atoms with Gasteiger partial charge in [0, 0.05) is 50.7 Å². The largest absolute Gasteiger partial charge is 0.340 e. The molecule has 23 heavy (non-hydrogen) atoms. The van der Waals surface area contributed by atoms with Gasteiger partial charge in [0.15, 0.2) is 0 Å². The molecule has 1 saturated carbocycles. The van der Waals surface area contributed by atoms with Crippen LogP contribution in [-0.2, 0) is 9.59 Å². The van der Waals surface area contributed by atoms with Gasteiger partial charge in [0.25, 0.3) is 0 Å². The van der Waals surface area contributed by atoms with Crippen molar-refractivity contribution in [3.05, 3.63) is 30.3 Å². The molecule has 0 spiro atoms. The van der Waals surface area contributed by atoms with E-state index in [0.29, 0.717) is 18.2 Å². The molecule has 5 nitrogen and oxygen atoms in total. The molecule has 1 N–H and O–H groups in total. The van der Waals surface area contributed by atoms with Gasteiger partial charge in [-0.3, -0.25) is 14.5 Å². The molecule has 1 saturated heterocycles. The molecule has 124 valence electrons. The van der Waals surface area contributed by atoms with Crippen LogP contribution in [0.25, 0.3) is 0 Å². The fourth-order valence-corrected chi connectivity index (χ4v) is 3.11. The van der Waals surface area contributed by atoms with Gasteiger partial charge in [-0.2, -0.15) is 0 Å². The Morgan fingerprint density at radius 3 is 2.35 bits per heavy atom. The van der Waals surface area contributed by atoms with Gasteiger partial charge >= 0.3 is 0 Å². The van der Waals surface area contributed by atoms with Gasteiger partial charge in [0.05, 0.1) is 0 Å². The van der Waals surface area contributed by atoms with Gasteiger partial charge in [-0.05, 0) is 25.0 Å². The highest BCUT2D eigenvalue weighted by Crippen LogP contribution is 2.28. The number of piperazine rings is 1. The fourth-order valence-electron chi connectivity index (χ4n) is 3.11. The van der Waals surface area contributed by atoms with Gasteiger partial charge in [0.2, 0.25) is 11.8 Å². The standard InChI is InChI=1S/C18H25N3O2/c22-17(19-16-7-2-1-3-8-16)9-10-20-11-13-21(14-12-20)18(23)15-5-4-6-15/h1-3,7-8,15H,4-6,9-14H2,(H,19,22). The zero-order valence-electron chi connectivity index (χ0n) is 13.5. The summed E-state index contributed by atoms with van der Waals surface area (Å²) >= 11 is 0. The molecular formula is C18H25N3O2. The molecule has 1 aliphatic heterocycles. The molecular weight excluding hydrogens is 290 g/mol. The van der Waals surface area contributed by atoms with E-state index >= 15 is 0 Å².